The van der Waals surface area contributed by atoms with Crippen LogP contribution in [0.25, 0.3) is 0 Å². The van der Waals surface area contributed by atoms with Crippen LogP contribution in [0.5, 0.6) is 0 Å². The number of carbonyl (C=O) groups is 1. The molecule has 0 aromatic carbocycles. The second kappa shape index (κ2) is 15.8. The molecule has 0 bridgehead atoms. The fourth-order valence-corrected chi connectivity index (χ4v) is 2.53. The average molecular weight is 300 g/mol. The quantitative estimate of drug-likeness (QED) is 0.379. The number of unbranched alkanes of at least 4 members (excludes halogenated alkanes) is 10. The molecular formula is C18H36O3. The minimum absolute atomic E-state index is 0.591. The maximum absolute atomic E-state index is 10.9. The number of carboxylic acids is 1. The molecule has 0 fully saturated rings. The highest BCUT2D eigenvalue weighted by molar-refractivity contribution is 5.72. The van der Waals surface area contributed by atoms with E-state index in [2.05, 4.69) is 6.92 Å². The Hall–Kier alpha value is -0.570. The first-order valence-corrected chi connectivity index (χ1v) is 9.06. The lowest BCUT2D eigenvalue weighted by Crippen LogP contribution is -2.24. The molecule has 0 saturated heterocycles. The van der Waals surface area contributed by atoms with Crippen LogP contribution in [-0.4, -0.2) is 23.8 Å². The summed E-state index contributed by atoms with van der Waals surface area (Å²) in [6.45, 7) is 4.83. The van der Waals surface area contributed by atoms with E-state index >= 15 is 0 Å². The van der Waals surface area contributed by atoms with Gasteiger partial charge in [0.1, 0.15) is 0 Å². The van der Waals surface area contributed by atoms with Crippen LogP contribution in [0, 0.1) is 0 Å². The Morgan fingerprint density at radius 3 is 1.71 bits per heavy atom. The van der Waals surface area contributed by atoms with Crippen LogP contribution >= 0.6 is 0 Å². The number of hydrogen-bond donors (Lipinski definition) is 1. The lowest BCUT2D eigenvalue weighted by Gasteiger charge is -2.12. The molecule has 0 rings (SSSR count). The Morgan fingerprint density at radius 1 is 0.810 bits per heavy atom. The van der Waals surface area contributed by atoms with Crippen LogP contribution in [0.4, 0.5) is 0 Å². The Bertz CT molecular complexity index is 229. The maximum Gasteiger partial charge on any atom is 0.332 e. The molecule has 0 aliphatic carbocycles. The van der Waals surface area contributed by atoms with Crippen LogP contribution in [0.1, 0.15) is 97.3 Å². The van der Waals surface area contributed by atoms with Gasteiger partial charge in [0, 0.05) is 6.61 Å². The Labute approximate surface area is 131 Å². The van der Waals surface area contributed by atoms with Gasteiger partial charge in [-0.25, -0.2) is 4.79 Å². The summed E-state index contributed by atoms with van der Waals surface area (Å²) < 4.78 is 5.43. The molecule has 0 spiro atoms. The first kappa shape index (κ1) is 20.4. The fraction of sp³-hybridized carbons (Fsp3) is 0.944. The van der Waals surface area contributed by atoms with Gasteiger partial charge in [0.25, 0.3) is 0 Å². The number of aliphatic carboxylic acids is 1. The summed E-state index contributed by atoms with van der Waals surface area (Å²) in [6.07, 6.45) is 15.2. The first-order chi connectivity index (χ1) is 10.2. The molecule has 0 aromatic heterocycles. The summed E-state index contributed by atoms with van der Waals surface area (Å²) >= 11 is 0. The molecule has 3 nitrogen and oxygen atoms in total. The van der Waals surface area contributed by atoms with Crippen molar-refractivity contribution in [2.24, 2.45) is 0 Å². The van der Waals surface area contributed by atoms with Gasteiger partial charge in [0.2, 0.25) is 0 Å². The predicted octanol–water partition coefficient (Wildman–Crippen LogP) is 5.57. The lowest BCUT2D eigenvalue weighted by molar-refractivity contribution is -0.150. The van der Waals surface area contributed by atoms with E-state index in [4.69, 9.17) is 9.84 Å². The van der Waals surface area contributed by atoms with Crippen LogP contribution < -0.4 is 0 Å². The highest BCUT2D eigenvalue weighted by atomic mass is 16.5. The second-order valence-corrected chi connectivity index (χ2v) is 6.02. The molecule has 21 heavy (non-hydrogen) atoms. The van der Waals surface area contributed by atoms with Gasteiger partial charge in [-0.2, -0.15) is 0 Å². The van der Waals surface area contributed by atoms with Gasteiger partial charge in [0.15, 0.2) is 6.10 Å². The van der Waals surface area contributed by atoms with Crippen molar-refractivity contribution in [2.45, 2.75) is 103 Å². The van der Waals surface area contributed by atoms with Gasteiger partial charge in [0.05, 0.1) is 0 Å². The van der Waals surface area contributed by atoms with E-state index in [0.29, 0.717) is 13.0 Å². The molecule has 126 valence electrons. The van der Waals surface area contributed by atoms with E-state index in [1.165, 1.54) is 57.8 Å². The zero-order valence-electron chi connectivity index (χ0n) is 14.2. The van der Waals surface area contributed by atoms with E-state index in [1.54, 1.807) is 0 Å². The fourth-order valence-electron chi connectivity index (χ4n) is 2.53. The van der Waals surface area contributed by atoms with Crippen molar-refractivity contribution in [3.05, 3.63) is 0 Å². The van der Waals surface area contributed by atoms with E-state index in [9.17, 15) is 4.79 Å². The molecular weight excluding hydrogens is 264 g/mol. The Morgan fingerprint density at radius 2 is 1.29 bits per heavy atom. The zero-order valence-corrected chi connectivity index (χ0v) is 14.2. The number of hydrogen-bond acceptors (Lipinski definition) is 2. The largest absolute Gasteiger partial charge is 0.479 e. The molecule has 0 heterocycles. The molecule has 0 amide bonds. The predicted molar refractivity (Wildman–Crippen MR) is 88.7 cm³/mol. The Balaban J connectivity index is 3.23. The first-order valence-electron chi connectivity index (χ1n) is 9.06. The van der Waals surface area contributed by atoms with Gasteiger partial charge in [-0.3, -0.25) is 0 Å². The summed E-state index contributed by atoms with van der Waals surface area (Å²) in [7, 11) is 0. The molecule has 1 N–H and O–H groups in total. The van der Waals surface area contributed by atoms with Crippen LogP contribution in [0.2, 0.25) is 0 Å². The van der Waals surface area contributed by atoms with Crippen molar-refractivity contribution in [1.82, 2.24) is 0 Å². The van der Waals surface area contributed by atoms with Crippen molar-refractivity contribution < 1.29 is 14.6 Å². The molecule has 1 atom stereocenters. The third kappa shape index (κ3) is 14.1. The number of rotatable bonds is 16. The highest BCUT2D eigenvalue weighted by Gasteiger charge is 2.15. The van der Waals surface area contributed by atoms with E-state index in [0.717, 1.165) is 19.3 Å². The summed E-state index contributed by atoms with van der Waals surface area (Å²) in [6, 6.07) is 0. The third-order valence-electron chi connectivity index (χ3n) is 3.89. The monoisotopic (exact) mass is 300 g/mol. The molecule has 0 aliphatic rings. The second-order valence-electron chi connectivity index (χ2n) is 6.02. The lowest BCUT2D eigenvalue weighted by atomic mass is 10.1. The Kier molecular flexibility index (Phi) is 15.4. The topological polar surface area (TPSA) is 46.5 Å². The molecule has 0 aliphatic heterocycles. The van der Waals surface area contributed by atoms with Gasteiger partial charge in [-0.05, 0) is 12.8 Å². The summed E-state index contributed by atoms with van der Waals surface area (Å²) in [5.74, 6) is -0.820. The third-order valence-corrected chi connectivity index (χ3v) is 3.89. The van der Waals surface area contributed by atoms with Crippen LogP contribution in [0.15, 0.2) is 0 Å². The van der Waals surface area contributed by atoms with Crippen LogP contribution in [-0.2, 0) is 9.53 Å². The number of ether oxygens (including phenoxy) is 1. The van der Waals surface area contributed by atoms with Crippen molar-refractivity contribution in [2.75, 3.05) is 6.61 Å². The van der Waals surface area contributed by atoms with E-state index < -0.39 is 12.1 Å². The molecule has 3 heteroatoms. The van der Waals surface area contributed by atoms with Gasteiger partial charge >= 0.3 is 5.97 Å². The van der Waals surface area contributed by atoms with Crippen molar-refractivity contribution >= 4 is 5.97 Å². The molecule has 0 aromatic rings. The number of carboxylic acid groups (broad SMARTS) is 1. The van der Waals surface area contributed by atoms with Crippen molar-refractivity contribution in [3.63, 3.8) is 0 Å². The van der Waals surface area contributed by atoms with Crippen LogP contribution in [0.3, 0.4) is 0 Å². The van der Waals surface area contributed by atoms with E-state index in [-0.39, 0.29) is 0 Å². The average Bonchev–Trinajstić information content (AvgIpc) is 2.47. The minimum Gasteiger partial charge on any atom is -0.479 e. The zero-order chi connectivity index (χ0) is 15.8. The van der Waals surface area contributed by atoms with E-state index in [1.807, 2.05) is 6.92 Å². The maximum atomic E-state index is 10.9. The minimum atomic E-state index is -0.820. The van der Waals surface area contributed by atoms with Gasteiger partial charge < -0.3 is 9.84 Å². The smallest absolute Gasteiger partial charge is 0.332 e. The summed E-state index contributed by atoms with van der Waals surface area (Å²) in [5, 5.41) is 8.96. The molecule has 0 saturated carbocycles. The molecule has 1 unspecified atom stereocenters. The summed E-state index contributed by atoms with van der Waals surface area (Å²) in [5.41, 5.74) is 0. The normalized spacial score (nSPS) is 12.5. The standard InChI is InChI=1S/C18H36O3/c1-3-5-6-7-8-9-10-11-12-13-14-16-21-17(15-4-2)18(19)20/h17H,3-16H2,1-2H3,(H,19,20). The SMILES string of the molecule is CCCCCCCCCCCCCOC(CCC)C(=O)O. The molecule has 0 radical (unpaired) electrons. The van der Waals surface area contributed by atoms with Crippen molar-refractivity contribution in [3.8, 4) is 0 Å². The van der Waals surface area contributed by atoms with Gasteiger partial charge in [-0.1, -0.05) is 84.5 Å². The summed E-state index contributed by atoms with van der Waals surface area (Å²) in [4.78, 5) is 10.9. The highest BCUT2D eigenvalue weighted by Crippen LogP contribution is 2.11. The van der Waals surface area contributed by atoms with Gasteiger partial charge in [-0.15, -0.1) is 0 Å². The van der Waals surface area contributed by atoms with Crippen molar-refractivity contribution in [1.29, 1.82) is 0 Å².